The molecule has 9 heteroatoms. The highest BCUT2D eigenvalue weighted by Gasteiger charge is 2.32. The van der Waals surface area contributed by atoms with Gasteiger partial charge in [-0.15, -0.1) is 0 Å². The summed E-state index contributed by atoms with van der Waals surface area (Å²) >= 11 is 0. The van der Waals surface area contributed by atoms with Crippen LogP contribution in [0.4, 0.5) is 13.2 Å². The second-order valence-corrected chi connectivity index (χ2v) is 6.01. The van der Waals surface area contributed by atoms with Crippen LogP contribution in [0.25, 0.3) is 6.08 Å². The maximum absolute atomic E-state index is 12.4. The highest BCUT2D eigenvalue weighted by molar-refractivity contribution is 5.92. The fraction of sp³-hybridized carbons (Fsp3) is 0.500. The SMILES string of the molecule is COc1cc(/C=C/C(=O)N2CCN(CC(F)(F)F)CC2)cc(OC)c1OC. The van der Waals surface area contributed by atoms with Crippen molar-refractivity contribution in [1.29, 1.82) is 0 Å². The topological polar surface area (TPSA) is 51.2 Å². The molecule has 0 atom stereocenters. The number of ether oxygens (including phenoxy) is 3. The minimum atomic E-state index is -4.22. The van der Waals surface area contributed by atoms with E-state index in [4.69, 9.17) is 14.2 Å². The van der Waals surface area contributed by atoms with Crippen molar-refractivity contribution in [1.82, 2.24) is 9.80 Å². The molecule has 1 aliphatic heterocycles. The van der Waals surface area contributed by atoms with Crippen LogP contribution in [-0.4, -0.2) is 75.9 Å². The Morgan fingerprint density at radius 1 is 1.04 bits per heavy atom. The average Bonchev–Trinajstić information content (AvgIpc) is 2.64. The van der Waals surface area contributed by atoms with Crippen LogP contribution < -0.4 is 14.2 Å². The Labute approximate surface area is 156 Å². The Morgan fingerprint density at radius 3 is 2.04 bits per heavy atom. The van der Waals surface area contributed by atoms with Crippen molar-refractivity contribution >= 4 is 12.0 Å². The number of alkyl halides is 3. The Hall–Kier alpha value is -2.42. The van der Waals surface area contributed by atoms with Crippen molar-refractivity contribution in [2.24, 2.45) is 0 Å². The summed E-state index contributed by atoms with van der Waals surface area (Å²) in [6.07, 6.45) is -1.23. The molecule has 1 aromatic rings. The van der Waals surface area contributed by atoms with Crippen LogP contribution in [0.3, 0.4) is 0 Å². The quantitative estimate of drug-likeness (QED) is 0.701. The van der Waals surface area contributed by atoms with E-state index in [2.05, 4.69) is 0 Å². The van der Waals surface area contributed by atoms with Crippen LogP contribution >= 0.6 is 0 Å². The van der Waals surface area contributed by atoms with Crippen molar-refractivity contribution in [2.75, 3.05) is 54.1 Å². The maximum atomic E-state index is 12.4. The standard InChI is InChI=1S/C18H23F3N2O4/c1-25-14-10-13(11-15(26-2)17(14)27-3)4-5-16(24)23-8-6-22(7-9-23)12-18(19,20)21/h4-5,10-11H,6-9,12H2,1-3H3/b5-4+. The predicted octanol–water partition coefficient (Wildman–Crippen LogP) is 2.43. The van der Waals surface area contributed by atoms with E-state index in [0.29, 0.717) is 22.8 Å². The summed E-state index contributed by atoms with van der Waals surface area (Å²) in [5.74, 6) is 1.12. The van der Waals surface area contributed by atoms with E-state index in [-0.39, 0.29) is 32.1 Å². The van der Waals surface area contributed by atoms with Gasteiger partial charge in [0, 0.05) is 32.3 Å². The molecule has 0 aromatic heterocycles. The number of carbonyl (C=O) groups excluding carboxylic acids is 1. The number of carbonyl (C=O) groups is 1. The summed E-state index contributed by atoms with van der Waals surface area (Å²) in [4.78, 5) is 15.1. The summed E-state index contributed by atoms with van der Waals surface area (Å²) in [6, 6.07) is 3.40. The van der Waals surface area contributed by atoms with Crippen LogP contribution in [0.1, 0.15) is 5.56 Å². The average molecular weight is 388 g/mol. The second kappa shape index (κ2) is 8.98. The Kier molecular flexibility index (Phi) is 6.95. The third kappa shape index (κ3) is 5.78. The fourth-order valence-corrected chi connectivity index (χ4v) is 2.85. The van der Waals surface area contributed by atoms with Gasteiger partial charge < -0.3 is 19.1 Å². The summed E-state index contributed by atoms with van der Waals surface area (Å²) in [6.45, 7) is -0.0358. The molecular formula is C18H23F3N2O4. The molecule has 1 aromatic carbocycles. The minimum Gasteiger partial charge on any atom is -0.493 e. The fourth-order valence-electron chi connectivity index (χ4n) is 2.85. The maximum Gasteiger partial charge on any atom is 0.401 e. The second-order valence-electron chi connectivity index (χ2n) is 6.01. The van der Waals surface area contributed by atoms with Crippen LogP contribution in [0, 0.1) is 0 Å². The molecule has 0 N–H and O–H groups in total. The number of hydrogen-bond acceptors (Lipinski definition) is 5. The zero-order valence-corrected chi connectivity index (χ0v) is 15.5. The van der Waals surface area contributed by atoms with Gasteiger partial charge in [0.1, 0.15) is 0 Å². The molecule has 0 bridgehead atoms. The lowest BCUT2D eigenvalue weighted by Crippen LogP contribution is -2.50. The summed E-state index contributed by atoms with van der Waals surface area (Å²) in [7, 11) is 4.49. The Balaban J connectivity index is 2.01. The summed E-state index contributed by atoms with van der Waals surface area (Å²) in [5, 5.41) is 0. The third-order valence-electron chi connectivity index (χ3n) is 4.19. The van der Waals surface area contributed by atoms with E-state index in [1.165, 1.54) is 37.2 Å². The molecule has 1 heterocycles. The number of piperazine rings is 1. The molecule has 0 radical (unpaired) electrons. The molecule has 1 fully saturated rings. The minimum absolute atomic E-state index is 0.198. The van der Waals surface area contributed by atoms with Gasteiger partial charge in [-0.2, -0.15) is 13.2 Å². The first kappa shape index (κ1) is 20.9. The smallest absolute Gasteiger partial charge is 0.401 e. The number of halogens is 3. The van der Waals surface area contributed by atoms with Gasteiger partial charge >= 0.3 is 6.18 Å². The lowest BCUT2D eigenvalue weighted by molar-refractivity contribution is -0.150. The van der Waals surface area contributed by atoms with Gasteiger partial charge in [-0.1, -0.05) is 0 Å². The molecule has 0 spiro atoms. The van der Waals surface area contributed by atoms with Gasteiger partial charge in [0.15, 0.2) is 11.5 Å². The number of amides is 1. The molecule has 0 unspecified atom stereocenters. The van der Waals surface area contributed by atoms with Gasteiger partial charge in [-0.3, -0.25) is 9.69 Å². The summed E-state index contributed by atoms with van der Waals surface area (Å²) in [5.41, 5.74) is 0.675. The lowest BCUT2D eigenvalue weighted by atomic mass is 10.1. The number of benzene rings is 1. The molecule has 2 rings (SSSR count). The van der Waals surface area contributed by atoms with Gasteiger partial charge in [0.05, 0.1) is 27.9 Å². The molecular weight excluding hydrogens is 365 g/mol. The van der Waals surface area contributed by atoms with Crippen LogP contribution in [0.15, 0.2) is 18.2 Å². The van der Waals surface area contributed by atoms with Crippen molar-refractivity contribution < 1.29 is 32.2 Å². The van der Waals surface area contributed by atoms with Crippen molar-refractivity contribution in [3.05, 3.63) is 23.8 Å². The van der Waals surface area contributed by atoms with Gasteiger partial charge in [-0.05, 0) is 23.8 Å². The highest BCUT2D eigenvalue weighted by atomic mass is 19.4. The first-order valence-corrected chi connectivity index (χ1v) is 8.33. The third-order valence-corrected chi connectivity index (χ3v) is 4.19. The van der Waals surface area contributed by atoms with Gasteiger partial charge in [0.25, 0.3) is 0 Å². The van der Waals surface area contributed by atoms with Crippen LogP contribution in [-0.2, 0) is 4.79 Å². The highest BCUT2D eigenvalue weighted by Crippen LogP contribution is 2.38. The van der Waals surface area contributed by atoms with Crippen LogP contribution in [0.2, 0.25) is 0 Å². The van der Waals surface area contributed by atoms with E-state index in [0.717, 1.165) is 0 Å². The van der Waals surface area contributed by atoms with Gasteiger partial charge in [0.2, 0.25) is 11.7 Å². The molecule has 1 saturated heterocycles. The number of rotatable bonds is 6. The number of hydrogen-bond donors (Lipinski definition) is 0. The van der Waals surface area contributed by atoms with E-state index < -0.39 is 12.7 Å². The van der Waals surface area contributed by atoms with E-state index in [1.54, 1.807) is 18.2 Å². The van der Waals surface area contributed by atoms with Crippen LogP contribution in [0.5, 0.6) is 17.2 Å². The van der Waals surface area contributed by atoms with Crippen molar-refractivity contribution in [3.63, 3.8) is 0 Å². The van der Waals surface area contributed by atoms with E-state index in [9.17, 15) is 18.0 Å². The first-order chi connectivity index (χ1) is 12.8. The molecule has 0 aliphatic carbocycles. The van der Waals surface area contributed by atoms with E-state index in [1.807, 2.05) is 0 Å². The Bertz CT molecular complexity index is 659. The zero-order chi connectivity index (χ0) is 20.0. The summed E-state index contributed by atoms with van der Waals surface area (Å²) < 4.78 is 53.0. The lowest BCUT2D eigenvalue weighted by Gasteiger charge is -2.34. The van der Waals surface area contributed by atoms with Crippen molar-refractivity contribution in [3.8, 4) is 17.2 Å². The molecule has 1 amide bonds. The largest absolute Gasteiger partial charge is 0.493 e. The van der Waals surface area contributed by atoms with Crippen molar-refractivity contribution in [2.45, 2.75) is 6.18 Å². The number of nitrogens with zero attached hydrogens (tertiary/aromatic N) is 2. The zero-order valence-electron chi connectivity index (χ0n) is 15.5. The monoisotopic (exact) mass is 388 g/mol. The molecule has 27 heavy (non-hydrogen) atoms. The molecule has 0 saturated carbocycles. The van der Waals surface area contributed by atoms with Gasteiger partial charge in [-0.25, -0.2) is 0 Å². The molecule has 1 aliphatic rings. The van der Waals surface area contributed by atoms with E-state index >= 15 is 0 Å². The Morgan fingerprint density at radius 2 is 1.59 bits per heavy atom. The number of methoxy groups -OCH3 is 3. The molecule has 150 valence electrons. The predicted molar refractivity (Wildman–Crippen MR) is 94.2 cm³/mol. The normalized spacial score (nSPS) is 15.9. The first-order valence-electron chi connectivity index (χ1n) is 8.33. The molecule has 6 nitrogen and oxygen atoms in total.